The van der Waals surface area contributed by atoms with Crippen molar-refractivity contribution >= 4 is 34.6 Å². The maximum atomic E-state index is 13.7. The number of halogens is 5. The van der Waals surface area contributed by atoms with E-state index in [4.69, 9.17) is 16.3 Å². The average Bonchev–Trinajstić information content (AvgIpc) is 2.74. The molecule has 4 rings (SSSR count). The fraction of sp³-hybridized carbons (Fsp3) is 0.190. The molecule has 2 aromatic carbocycles. The third-order valence-corrected chi connectivity index (χ3v) is 5.28. The van der Waals surface area contributed by atoms with Crippen molar-refractivity contribution in [1.82, 2.24) is 9.97 Å². The molecule has 0 saturated carbocycles. The summed E-state index contributed by atoms with van der Waals surface area (Å²) in [6.07, 6.45) is -3.39. The first-order valence-corrected chi connectivity index (χ1v) is 9.61. The third-order valence-electron chi connectivity index (χ3n) is 5.00. The van der Waals surface area contributed by atoms with Gasteiger partial charge in [-0.25, -0.2) is 9.37 Å². The number of aromatic nitrogens is 2. The predicted octanol–water partition coefficient (Wildman–Crippen LogP) is 5.36. The van der Waals surface area contributed by atoms with Crippen molar-refractivity contribution in [2.24, 2.45) is 0 Å². The fourth-order valence-corrected chi connectivity index (χ4v) is 3.70. The molecule has 1 aliphatic heterocycles. The van der Waals surface area contributed by atoms with Gasteiger partial charge in [0.1, 0.15) is 18.2 Å². The van der Waals surface area contributed by atoms with Crippen molar-refractivity contribution < 1.29 is 27.1 Å². The molecule has 0 atom stereocenters. The number of alkyl halides is 3. The Bertz CT molecular complexity index is 1220. The van der Waals surface area contributed by atoms with Gasteiger partial charge < -0.3 is 9.64 Å². The highest BCUT2D eigenvalue weighted by Gasteiger charge is 2.37. The van der Waals surface area contributed by atoms with Crippen LogP contribution < -0.4 is 14.5 Å². The lowest BCUT2D eigenvalue weighted by Crippen LogP contribution is -2.45. The molecular weight excluding hydrogens is 452 g/mol. The van der Waals surface area contributed by atoms with Crippen LogP contribution in [0.1, 0.15) is 21.5 Å². The van der Waals surface area contributed by atoms with E-state index in [1.807, 2.05) is 0 Å². The van der Waals surface area contributed by atoms with Gasteiger partial charge in [-0.3, -0.25) is 9.69 Å². The quantitative estimate of drug-likeness (QED) is 0.384. The number of benzene rings is 2. The number of amides is 1. The molecule has 166 valence electrons. The minimum absolute atomic E-state index is 0.0331. The standard InChI is InChI=1S/C21H15ClF4N4O2/c1-11-7-13(23)4-6-15(11)29-10-30(17-9-27-20(32-2)28-18(17)22)19(31)14-8-12(21(24,25)26)3-5-16(14)29/h3-9H,10H2,1-2H3. The number of aryl methyl sites for hydroxylation is 1. The summed E-state index contributed by atoms with van der Waals surface area (Å²) in [4.78, 5) is 23.9. The molecule has 0 spiro atoms. The summed E-state index contributed by atoms with van der Waals surface area (Å²) in [6.45, 7) is 1.55. The highest BCUT2D eigenvalue weighted by Crippen LogP contribution is 2.41. The summed E-state index contributed by atoms with van der Waals surface area (Å²) >= 11 is 6.21. The molecule has 0 N–H and O–H groups in total. The molecule has 1 aromatic heterocycles. The van der Waals surface area contributed by atoms with E-state index in [2.05, 4.69) is 9.97 Å². The van der Waals surface area contributed by atoms with Crippen LogP contribution in [0.5, 0.6) is 6.01 Å². The lowest BCUT2D eigenvalue weighted by atomic mass is 10.0. The summed E-state index contributed by atoms with van der Waals surface area (Å²) in [5, 5.41) is -0.114. The van der Waals surface area contributed by atoms with Crippen LogP contribution in [0.3, 0.4) is 0 Å². The highest BCUT2D eigenvalue weighted by molar-refractivity contribution is 6.33. The molecule has 0 aliphatic carbocycles. The van der Waals surface area contributed by atoms with E-state index in [0.717, 1.165) is 17.0 Å². The molecule has 3 aromatic rings. The Balaban J connectivity index is 1.90. The van der Waals surface area contributed by atoms with E-state index < -0.39 is 23.5 Å². The van der Waals surface area contributed by atoms with E-state index in [1.165, 1.54) is 37.6 Å². The molecule has 0 fully saturated rings. The van der Waals surface area contributed by atoms with Crippen molar-refractivity contribution in [3.8, 4) is 6.01 Å². The normalized spacial score (nSPS) is 13.9. The zero-order valence-electron chi connectivity index (χ0n) is 16.7. The second-order valence-corrected chi connectivity index (χ2v) is 7.35. The molecule has 1 aliphatic rings. The van der Waals surface area contributed by atoms with Crippen molar-refractivity contribution in [2.75, 3.05) is 23.6 Å². The van der Waals surface area contributed by atoms with Crippen LogP contribution in [0.2, 0.25) is 5.15 Å². The minimum atomic E-state index is -4.64. The molecule has 0 unspecified atom stereocenters. The number of rotatable bonds is 3. The molecule has 2 heterocycles. The highest BCUT2D eigenvalue weighted by atomic mass is 35.5. The van der Waals surface area contributed by atoms with Crippen LogP contribution in [0.25, 0.3) is 0 Å². The van der Waals surface area contributed by atoms with Crippen LogP contribution in [0, 0.1) is 12.7 Å². The van der Waals surface area contributed by atoms with Gasteiger partial charge in [-0.2, -0.15) is 18.2 Å². The van der Waals surface area contributed by atoms with Gasteiger partial charge in [-0.15, -0.1) is 0 Å². The van der Waals surface area contributed by atoms with Crippen LogP contribution >= 0.6 is 11.6 Å². The molecule has 1 amide bonds. The minimum Gasteiger partial charge on any atom is -0.467 e. The number of hydrogen-bond donors (Lipinski definition) is 0. The van der Waals surface area contributed by atoms with Gasteiger partial charge in [-0.05, 0) is 48.9 Å². The Kier molecular flexibility index (Phi) is 5.41. The van der Waals surface area contributed by atoms with Gasteiger partial charge in [0.05, 0.1) is 30.1 Å². The van der Waals surface area contributed by atoms with Crippen LogP contribution in [-0.2, 0) is 6.18 Å². The van der Waals surface area contributed by atoms with Gasteiger partial charge >= 0.3 is 12.2 Å². The largest absolute Gasteiger partial charge is 0.467 e. The second kappa shape index (κ2) is 7.94. The number of hydrogen-bond acceptors (Lipinski definition) is 5. The molecular formula is C21H15ClF4N4O2. The molecule has 11 heteroatoms. The number of fused-ring (bicyclic) bond motifs is 1. The summed E-state index contributed by atoms with van der Waals surface area (Å²) < 4.78 is 58.6. The molecule has 0 radical (unpaired) electrons. The zero-order chi connectivity index (χ0) is 23.2. The average molecular weight is 467 g/mol. The first-order chi connectivity index (χ1) is 15.1. The van der Waals surface area contributed by atoms with Gasteiger partial charge in [0.25, 0.3) is 5.91 Å². The Labute approximate surface area is 185 Å². The molecule has 0 saturated heterocycles. The van der Waals surface area contributed by atoms with E-state index in [-0.39, 0.29) is 34.8 Å². The number of ether oxygens (including phenoxy) is 1. The van der Waals surface area contributed by atoms with Gasteiger partial charge in [0.15, 0.2) is 5.15 Å². The lowest BCUT2D eigenvalue weighted by molar-refractivity contribution is -0.137. The number of nitrogens with zero attached hydrogens (tertiary/aromatic N) is 4. The van der Waals surface area contributed by atoms with Gasteiger partial charge in [0, 0.05) is 5.69 Å². The number of carbonyl (C=O) groups excluding carboxylic acids is 1. The van der Waals surface area contributed by atoms with Crippen LogP contribution in [0.4, 0.5) is 34.6 Å². The maximum absolute atomic E-state index is 13.7. The Hall–Kier alpha value is -3.40. The van der Waals surface area contributed by atoms with Gasteiger partial charge in [0.2, 0.25) is 0 Å². The topological polar surface area (TPSA) is 58.6 Å². The Morgan fingerprint density at radius 2 is 1.78 bits per heavy atom. The zero-order valence-corrected chi connectivity index (χ0v) is 17.5. The monoisotopic (exact) mass is 466 g/mol. The predicted molar refractivity (Wildman–Crippen MR) is 110 cm³/mol. The molecule has 32 heavy (non-hydrogen) atoms. The van der Waals surface area contributed by atoms with Gasteiger partial charge in [-0.1, -0.05) is 11.6 Å². The second-order valence-electron chi connectivity index (χ2n) is 7.00. The first kappa shape index (κ1) is 21.8. The Morgan fingerprint density at radius 1 is 1.06 bits per heavy atom. The van der Waals surface area contributed by atoms with E-state index in [0.29, 0.717) is 11.3 Å². The van der Waals surface area contributed by atoms with Crippen molar-refractivity contribution in [3.05, 3.63) is 70.3 Å². The third kappa shape index (κ3) is 3.81. The number of methoxy groups -OCH3 is 1. The van der Waals surface area contributed by atoms with E-state index in [1.54, 1.807) is 11.8 Å². The summed E-state index contributed by atoms with van der Waals surface area (Å²) in [6, 6.07) is 6.90. The van der Waals surface area contributed by atoms with Crippen molar-refractivity contribution in [1.29, 1.82) is 0 Å². The van der Waals surface area contributed by atoms with E-state index >= 15 is 0 Å². The lowest BCUT2D eigenvalue weighted by Gasteiger charge is -2.38. The smallest absolute Gasteiger partial charge is 0.416 e. The number of anilines is 3. The molecule has 6 nitrogen and oxygen atoms in total. The fourth-order valence-electron chi connectivity index (χ4n) is 3.48. The summed E-state index contributed by atoms with van der Waals surface area (Å²) in [7, 11) is 1.34. The van der Waals surface area contributed by atoms with E-state index in [9.17, 15) is 22.4 Å². The maximum Gasteiger partial charge on any atom is 0.416 e. The SMILES string of the molecule is COc1ncc(N2CN(c3ccc(F)cc3C)c3ccc(C(F)(F)F)cc3C2=O)c(Cl)n1. The van der Waals surface area contributed by atoms with Crippen molar-refractivity contribution in [2.45, 2.75) is 13.1 Å². The first-order valence-electron chi connectivity index (χ1n) is 9.23. The van der Waals surface area contributed by atoms with Crippen LogP contribution in [-0.4, -0.2) is 29.7 Å². The number of carbonyl (C=O) groups is 1. The van der Waals surface area contributed by atoms with Crippen molar-refractivity contribution in [3.63, 3.8) is 0 Å². The summed E-state index contributed by atoms with van der Waals surface area (Å²) in [5.74, 6) is -1.17. The summed E-state index contributed by atoms with van der Waals surface area (Å²) in [5.41, 5.74) is 0.212. The molecule has 0 bridgehead atoms. The Morgan fingerprint density at radius 3 is 2.41 bits per heavy atom. The van der Waals surface area contributed by atoms with Crippen LogP contribution in [0.15, 0.2) is 42.6 Å².